The van der Waals surface area contributed by atoms with Gasteiger partial charge in [-0.1, -0.05) is 0 Å². The lowest BCUT2D eigenvalue weighted by molar-refractivity contribution is 0.136. The smallest absolute Gasteiger partial charge is 0.231 e. The zero-order valence-corrected chi connectivity index (χ0v) is 12.6. The fourth-order valence-corrected chi connectivity index (χ4v) is 3.11. The minimum atomic E-state index is -0.296. The van der Waals surface area contributed by atoms with Gasteiger partial charge in [-0.2, -0.15) is 15.0 Å². The standard InChI is InChI=1S/C14H24N6O/c1-10(21)11-5-8-20(9-11)14-17-12(15)16-13(18-14)19-6-3-2-4-7-19/h10-11,21H,2-9H2,1H3,(H2,15,16,17,18). The van der Waals surface area contributed by atoms with Gasteiger partial charge < -0.3 is 20.6 Å². The van der Waals surface area contributed by atoms with Crippen LogP contribution in [0.15, 0.2) is 0 Å². The molecule has 0 saturated carbocycles. The van der Waals surface area contributed by atoms with Crippen molar-refractivity contribution in [2.45, 2.75) is 38.7 Å². The predicted molar refractivity (Wildman–Crippen MR) is 82.3 cm³/mol. The molecule has 21 heavy (non-hydrogen) atoms. The number of nitrogen functional groups attached to an aromatic ring is 1. The summed E-state index contributed by atoms with van der Waals surface area (Å²) in [5.41, 5.74) is 5.86. The molecule has 2 saturated heterocycles. The van der Waals surface area contributed by atoms with Crippen LogP contribution in [0.1, 0.15) is 32.6 Å². The van der Waals surface area contributed by atoms with E-state index >= 15 is 0 Å². The number of hydrogen-bond acceptors (Lipinski definition) is 7. The van der Waals surface area contributed by atoms with Crippen LogP contribution in [0.4, 0.5) is 17.8 Å². The van der Waals surface area contributed by atoms with Crippen molar-refractivity contribution < 1.29 is 5.11 Å². The number of anilines is 3. The van der Waals surface area contributed by atoms with Crippen molar-refractivity contribution in [3.8, 4) is 0 Å². The monoisotopic (exact) mass is 292 g/mol. The molecule has 1 aromatic rings. The zero-order valence-electron chi connectivity index (χ0n) is 12.6. The minimum Gasteiger partial charge on any atom is -0.393 e. The van der Waals surface area contributed by atoms with Crippen molar-refractivity contribution in [3.05, 3.63) is 0 Å². The van der Waals surface area contributed by atoms with E-state index in [2.05, 4.69) is 24.8 Å². The molecule has 2 aliphatic heterocycles. The van der Waals surface area contributed by atoms with Gasteiger partial charge in [0.2, 0.25) is 17.8 Å². The Kier molecular flexibility index (Phi) is 4.10. The summed E-state index contributed by atoms with van der Waals surface area (Å²) in [6.45, 7) is 5.45. The van der Waals surface area contributed by atoms with E-state index in [-0.39, 0.29) is 18.0 Å². The van der Waals surface area contributed by atoms with E-state index in [1.807, 2.05) is 6.92 Å². The zero-order chi connectivity index (χ0) is 14.8. The second-order valence-electron chi connectivity index (χ2n) is 6.08. The van der Waals surface area contributed by atoms with Crippen LogP contribution in [0.25, 0.3) is 0 Å². The molecule has 3 heterocycles. The molecule has 2 unspecified atom stereocenters. The second kappa shape index (κ2) is 6.01. The first-order chi connectivity index (χ1) is 10.1. The largest absolute Gasteiger partial charge is 0.393 e. The molecule has 2 aliphatic rings. The number of aliphatic hydroxyl groups is 1. The SMILES string of the molecule is CC(O)C1CCN(c2nc(N)nc(N3CCCCC3)n2)C1. The molecule has 1 aromatic heterocycles. The van der Waals surface area contributed by atoms with E-state index in [1.54, 1.807) is 0 Å². The third-order valence-electron chi connectivity index (χ3n) is 4.46. The van der Waals surface area contributed by atoms with Gasteiger partial charge in [0.25, 0.3) is 0 Å². The Balaban J connectivity index is 1.78. The maximum absolute atomic E-state index is 9.72. The molecule has 0 aromatic carbocycles. The van der Waals surface area contributed by atoms with E-state index in [9.17, 15) is 5.11 Å². The van der Waals surface area contributed by atoms with Gasteiger partial charge >= 0.3 is 0 Å². The van der Waals surface area contributed by atoms with Crippen molar-refractivity contribution >= 4 is 17.8 Å². The van der Waals surface area contributed by atoms with Crippen molar-refractivity contribution in [1.82, 2.24) is 15.0 Å². The van der Waals surface area contributed by atoms with Gasteiger partial charge in [0.15, 0.2) is 0 Å². The lowest BCUT2D eigenvalue weighted by atomic mass is 10.0. The lowest BCUT2D eigenvalue weighted by Crippen LogP contribution is -2.32. The van der Waals surface area contributed by atoms with Crippen LogP contribution in [-0.4, -0.2) is 52.3 Å². The minimum absolute atomic E-state index is 0.279. The normalized spacial score (nSPS) is 24.4. The quantitative estimate of drug-likeness (QED) is 0.845. The van der Waals surface area contributed by atoms with Crippen LogP contribution in [0.2, 0.25) is 0 Å². The number of aliphatic hydroxyl groups excluding tert-OH is 1. The van der Waals surface area contributed by atoms with E-state index in [0.717, 1.165) is 32.6 Å². The molecule has 7 nitrogen and oxygen atoms in total. The van der Waals surface area contributed by atoms with Crippen LogP contribution in [0.5, 0.6) is 0 Å². The molecule has 2 fully saturated rings. The molecule has 3 N–H and O–H groups in total. The molecular formula is C14H24N6O. The summed E-state index contributed by atoms with van der Waals surface area (Å²) in [6.07, 6.45) is 4.29. The summed E-state index contributed by atoms with van der Waals surface area (Å²) in [5, 5.41) is 9.72. The summed E-state index contributed by atoms with van der Waals surface area (Å²) in [5.74, 6) is 1.89. The summed E-state index contributed by atoms with van der Waals surface area (Å²) >= 11 is 0. The first kappa shape index (κ1) is 14.3. The van der Waals surface area contributed by atoms with Crippen molar-refractivity contribution in [2.75, 3.05) is 41.7 Å². The van der Waals surface area contributed by atoms with Gasteiger partial charge in [-0.15, -0.1) is 0 Å². The van der Waals surface area contributed by atoms with Crippen molar-refractivity contribution in [1.29, 1.82) is 0 Å². The Morgan fingerprint density at radius 3 is 2.33 bits per heavy atom. The van der Waals surface area contributed by atoms with Crippen molar-refractivity contribution in [3.63, 3.8) is 0 Å². The number of nitrogens with two attached hydrogens (primary N) is 1. The third-order valence-corrected chi connectivity index (χ3v) is 4.46. The maximum Gasteiger partial charge on any atom is 0.231 e. The van der Waals surface area contributed by atoms with E-state index in [1.165, 1.54) is 19.3 Å². The van der Waals surface area contributed by atoms with Gasteiger partial charge in [-0.05, 0) is 32.6 Å². The fraction of sp³-hybridized carbons (Fsp3) is 0.786. The van der Waals surface area contributed by atoms with Crippen LogP contribution in [0, 0.1) is 5.92 Å². The number of aromatic nitrogens is 3. The summed E-state index contributed by atoms with van der Waals surface area (Å²) in [6, 6.07) is 0. The van der Waals surface area contributed by atoms with E-state index in [4.69, 9.17) is 5.73 Å². The van der Waals surface area contributed by atoms with E-state index < -0.39 is 0 Å². The Morgan fingerprint density at radius 2 is 1.71 bits per heavy atom. The van der Waals surface area contributed by atoms with Crippen LogP contribution >= 0.6 is 0 Å². The third kappa shape index (κ3) is 3.18. The lowest BCUT2D eigenvalue weighted by Gasteiger charge is -2.27. The van der Waals surface area contributed by atoms with Crippen molar-refractivity contribution in [2.24, 2.45) is 5.92 Å². The van der Waals surface area contributed by atoms with Crippen LogP contribution < -0.4 is 15.5 Å². The Bertz CT molecular complexity index is 488. The number of rotatable bonds is 3. The molecule has 116 valence electrons. The number of piperidine rings is 1. The summed E-state index contributed by atoms with van der Waals surface area (Å²) in [4.78, 5) is 17.5. The Labute approximate surface area is 125 Å². The fourth-order valence-electron chi connectivity index (χ4n) is 3.11. The average molecular weight is 292 g/mol. The number of nitrogens with zero attached hydrogens (tertiary/aromatic N) is 5. The first-order valence-corrected chi connectivity index (χ1v) is 7.83. The molecular weight excluding hydrogens is 268 g/mol. The predicted octanol–water partition coefficient (Wildman–Crippen LogP) is 0.651. The van der Waals surface area contributed by atoms with Gasteiger partial charge in [0, 0.05) is 32.1 Å². The van der Waals surface area contributed by atoms with Gasteiger partial charge in [0.05, 0.1) is 6.10 Å². The summed E-state index contributed by atoms with van der Waals surface area (Å²) < 4.78 is 0. The van der Waals surface area contributed by atoms with Crippen LogP contribution in [0.3, 0.4) is 0 Å². The highest BCUT2D eigenvalue weighted by molar-refractivity contribution is 5.44. The molecule has 0 aliphatic carbocycles. The molecule has 0 radical (unpaired) electrons. The molecule has 0 bridgehead atoms. The molecule has 7 heteroatoms. The Hall–Kier alpha value is -1.63. The highest BCUT2D eigenvalue weighted by Gasteiger charge is 2.28. The van der Waals surface area contributed by atoms with Gasteiger partial charge in [0.1, 0.15) is 0 Å². The van der Waals surface area contributed by atoms with Crippen LogP contribution in [-0.2, 0) is 0 Å². The molecule has 0 amide bonds. The van der Waals surface area contributed by atoms with Gasteiger partial charge in [-0.25, -0.2) is 0 Å². The van der Waals surface area contributed by atoms with E-state index in [0.29, 0.717) is 11.9 Å². The highest BCUT2D eigenvalue weighted by atomic mass is 16.3. The molecule has 0 spiro atoms. The molecule has 2 atom stereocenters. The number of hydrogen-bond donors (Lipinski definition) is 2. The summed E-state index contributed by atoms with van der Waals surface area (Å²) in [7, 11) is 0. The van der Waals surface area contributed by atoms with Gasteiger partial charge in [-0.3, -0.25) is 0 Å². The first-order valence-electron chi connectivity index (χ1n) is 7.83. The average Bonchev–Trinajstić information content (AvgIpc) is 2.98. The highest BCUT2D eigenvalue weighted by Crippen LogP contribution is 2.25. The maximum atomic E-state index is 9.72. The Morgan fingerprint density at radius 1 is 1.05 bits per heavy atom. The topological polar surface area (TPSA) is 91.4 Å². The molecule has 3 rings (SSSR count). The second-order valence-corrected chi connectivity index (χ2v) is 6.08.